The molecule has 1 rings (SSSR count). The van der Waals surface area contributed by atoms with Gasteiger partial charge in [-0.05, 0) is 20.3 Å². The van der Waals surface area contributed by atoms with Crippen LogP contribution in [0, 0.1) is 5.92 Å². The third kappa shape index (κ3) is 4.12. The third-order valence-corrected chi connectivity index (χ3v) is 3.40. The van der Waals surface area contributed by atoms with E-state index in [0.29, 0.717) is 13.2 Å². The molecule has 4 atom stereocenters. The lowest BCUT2D eigenvalue weighted by Gasteiger charge is -2.40. The Kier molecular flexibility index (Phi) is 7.05. The third-order valence-electron chi connectivity index (χ3n) is 3.40. The molecule has 0 radical (unpaired) electrons. The van der Waals surface area contributed by atoms with Gasteiger partial charge in [-0.2, -0.15) is 0 Å². The molecule has 102 valence electrons. The molecule has 1 amide bonds. The first-order valence-electron chi connectivity index (χ1n) is 6.15. The minimum atomic E-state index is -0.112. The smallest absolute Gasteiger partial charge is 0.227 e. The fraction of sp³-hybridized carbons (Fsp3) is 0.917. The molecule has 17 heavy (non-hydrogen) atoms. The van der Waals surface area contributed by atoms with Crippen LogP contribution in [0.15, 0.2) is 0 Å². The van der Waals surface area contributed by atoms with Crippen LogP contribution < -0.4 is 5.73 Å². The van der Waals surface area contributed by atoms with Crippen LogP contribution >= 0.6 is 12.4 Å². The van der Waals surface area contributed by atoms with E-state index in [1.807, 2.05) is 25.7 Å². The van der Waals surface area contributed by atoms with Gasteiger partial charge in [0.15, 0.2) is 0 Å². The van der Waals surface area contributed by atoms with Gasteiger partial charge in [0.25, 0.3) is 0 Å². The highest BCUT2D eigenvalue weighted by molar-refractivity contribution is 5.85. The lowest BCUT2D eigenvalue weighted by atomic mass is 10.0. The van der Waals surface area contributed by atoms with Gasteiger partial charge in [0.1, 0.15) is 0 Å². The molecule has 1 aliphatic heterocycles. The van der Waals surface area contributed by atoms with Gasteiger partial charge in [-0.1, -0.05) is 13.8 Å². The second-order valence-corrected chi connectivity index (χ2v) is 4.84. The van der Waals surface area contributed by atoms with Crippen LogP contribution in [0.1, 0.15) is 34.1 Å². The Balaban J connectivity index is 0.00000256. The van der Waals surface area contributed by atoms with E-state index in [-0.39, 0.29) is 42.4 Å². The molecular weight excluding hydrogens is 240 g/mol. The second-order valence-electron chi connectivity index (χ2n) is 4.84. The van der Waals surface area contributed by atoms with E-state index in [1.54, 1.807) is 0 Å². The number of rotatable bonds is 3. The molecular formula is C12H25ClN2O2. The monoisotopic (exact) mass is 264 g/mol. The molecule has 0 saturated carbocycles. The Morgan fingerprint density at radius 3 is 2.59 bits per heavy atom. The van der Waals surface area contributed by atoms with Gasteiger partial charge in [0, 0.05) is 12.6 Å². The number of ether oxygens (including phenoxy) is 1. The zero-order valence-electron chi connectivity index (χ0n) is 11.2. The van der Waals surface area contributed by atoms with Crippen LogP contribution in [0.4, 0.5) is 0 Å². The van der Waals surface area contributed by atoms with Crippen molar-refractivity contribution < 1.29 is 9.53 Å². The first kappa shape index (κ1) is 16.7. The molecule has 0 bridgehead atoms. The summed E-state index contributed by atoms with van der Waals surface area (Å²) in [5, 5.41) is 0. The molecule has 2 N–H and O–H groups in total. The topological polar surface area (TPSA) is 55.6 Å². The van der Waals surface area contributed by atoms with Gasteiger partial charge in [-0.25, -0.2) is 0 Å². The Hall–Kier alpha value is -0.320. The maximum Gasteiger partial charge on any atom is 0.227 e. The molecule has 1 heterocycles. The van der Waals surface area contributed by atoms with Gasteiger partial charge in [0.05, 0.1) is 24.7 Å². The molecule has 4 nitrogen and oxygen atoms in total. The molecule has 1 aliphatic rings. The lowest BCUT2D eigenvalue weighted by Crippen LogP contribution is -2.54. The molecule has 0 spiro atoms. The summed E-state index contributed by atoms with van der Waals surface area (Å²) < 4.78 is 5.58. The SMILES string of the molecule is CCC1COC(C)CN1C(=O)C(C)C(C)N.Cl. The van der Waals surface area contributed by atoms with Crippen molar-refractivity contribution in [2.45, 2.75) is 52.3 Å². The molecule has 1 fully saturated rings. The number of morpholine rings is 1. The zero-order chi connectivity index (χ0) is 12.3. The predicted octanol–water partition coefficient (Wildman–Crippen LogP) is 1.42. The quantitative estimate of drug-likeness (QED) is 0.839. The molecule has 0 aromatic carbocycles. The van der Waals surface area contributed by atoms with Crippen LogP contribution in [0.5, 0.6) is 0 Å². The number of amides is 1. The fourth-order valence-electron chi connectivity index (χ4n) is 1.94. The van der Waals surface area contributed by atoms with E-state index in [9.17, 15) is 4.79 Å². The Morgan fingerprint density at radius 1 is 1.53 bits per heavy atom. The van der Waals surface area contributed by atoms with E-state index in [0.717, 1.165) is 6.42 Å². The molecule has 4 unspecified atom stereocenters. The second kappa shape index (κ2) is 7.19. The number of nitrogens with two attached hydrogens (primary N) is 1. The predicted molar refractivity (Wildman–Crippen MR) is 71.3 cm³/mol. The van der Waals surface area contributed by atoms with E-state index < -0.39 is 0 Å². The summed E-state index contributed by atoms with van der Waals surface area (Å²) in [5.41, 5.74) is 5.79. The van der Waals surface area contributed by atoms with Crippen molar-refractivity contribution in [3.05, 3.63) is 0 Å². The summed E-state index contributed by atoms with van der Waals surface area (Å²) in [7, 11) is 0. The average Bonchev–Trinajstić information content (AvgIpc) is 2.26. The molecule has 0 aliphatic carbocycles. The molecule has 0 aromatic heterocycles. The number of carbonyl (C=O) groups is 1. The van der Waals surface area contributed by atoms with Crippen molar-refractivity contribution in [1.29, 1.82) is 0 Å². The van der Waals surface area contributed by atoms with Gasteiger partial charge in [-0.3, -0.25) is 4.79 Å². The Bertz CT molecular complexity index is 249. The normalized spacial score (nSPS) is 28.2. The van der Waals surface area contributed by atoms with E-state index in [4.69, 9.17) is 10.5 Å². The molecule has 0 aromatic rings. The van der Waals surface area contributed by atoms with E-state index >= 15 is 0 Å². The highest BCUT2D eigenvalue weighted by Crippen LogP contribution is 2.18. The van der Waals surface area contributed by atoms with Crippen molar-refractivity contribution in [2.75, 3.05) is 13.2 Å². The van der Waals surface area contributed by atoms with Gasteiger partial charge in [0.2, 0.25) is 5.91 Å². The van der Waals surface area contributed by atoms with Crippen LogP contribution in [-0.4, -0.2) is 42.1 Å². The summed E-state index contributed by atoms with van der Waals surface area (Å²) in [4.78, 5) is 14.2. The number of carbonyl (C=O) groups excluding carboxylic acids is 1. The number of hydrogen-bond acceptors (Lipinski definition) is 3. The standard InChI is InChI=1S/C12H24N2O2.ClH/c1-5-11-7-16-8(2)6-14(11)12(15)9(3)10(4)13;/h8-11H,5-7,13H2,1-4H3;1H. The van der Waals surface area contributed by atoms with Gasteiger partial charge < -0.3 is 15.4 Å². The van der Waals surface area contributed by atoms with Crippen LogP contribution in [0.3, 0.4) is 0 Å². The van der Waals surface area contributed by atoms with Crippen LogP contribution in [0.2, 0.25) is 0 Å². The van der Waals surface area contributed by atoms with Crippen molar-refractivity contribution >= 4 is 18.3 Å². The maximum atomic E-state index is 12.2. The number of hydrogen-bond donors (Lipinski definition) is 1. The van der Waals surface area contributed by atoms with Crippen molar-refractivity contribution in [2.24, 2.45) is 11.7 Å². The van der Waals surface area contributed by atoms with E-state index in [2.05, 4.69) is 6.92 Å². The first-order chi connectivity index (χ1) is 7.47. The van der Waals surface area contributed by atoms with E-state index in [1.165, 1.54) is 0 Å². The van der Waals surface area contributed by atoms with Crippen LogP contribution in [0.25, 0.3) is 0 Å². The van der Waals surface area contributed by atoms with Crippen molar-refractivity contribution in [1.82, 2.24) is 4.90 Å². The first-order valence-corrected chi connectivity index (χ1v) is 6.15. The largest absolute Gasteiger partial charge is 0.375 e. The van der Waals surface area contributed by atoms with Crippen LogP contribution in [-0.2, 0) is 9.53 Å². The average molecular weight is 265 g/mol. The lowest BCUT2D eigenvalue weighted by molar-refractivity contribution is -0.148. The highest BCUT2D eigenvalue weighted by Gasteiger charge is 2.32. The highest BCUT2D eigenvalue weighted by atomic mass is 35.5. The molecule has 1 saturated heterocycles. The van der Waals surface area contributed by atoms with Gasteiger partial charge >= 0.3 is 0 Å². The molecule has 5 heteroatoms. The maximum absolute atomic E-state index is 12.2. The number of halogens is 1. The van der Waals surface area contributed by atoms with Gasteiger partial charge in [-0.15, -0.1) is 12.4 Å². The summed E-state index contributed by atoms with van der Waals surface area (Å²) in [5.74, 6) is 0.0522. The van der Waals surface area contributed by atoms with Crippen molar-refractivity contribution in [3.8, 4) is 0 Å². The summed E-state index contributed by atoms with van der Waals surface area (Å²) in [6, 6.07) is 0.119. The van der Waals surface area contributed by atoms with Crippen molar-refractivity contribution in [3.63, 3.8) is 0 Å². The summed E-state index contributed by atoms with van der Waals surface area (Å²) in [6.45, 7) is 9.21. The Labute approximate surface area is 110 Å². The minimum absolute atomic E-state index is 0. The minimum Gasteiger partial charge on any atom is -0.375 e. The fourth-order valence-corrected chi connectivity index (χ4v) is 1.94. The Morgan fingerprint density at radius 2 is 2.12 bits per heavy atom. The summed E-state index contributed by atoms with van der Waals surface area (Å²) >= 11 is 0. The zero-order valence-corrected chi connectivity index (χ0v) is 12.0. The summed E-state index contributed by atoms with van der Waals surface area (Å²) in [6.07, 6.45) is 1.07. The number of nitrogens with zero attached hydrogens (tertiary/aromatic N) is 1.